The SMILES string of the molecule is CCCCCCc1ccc(CCB(O)O)cc1. The predicted molar refractivity (Wildman–Crippen MR) is 73.0 cm³/mol. The van der Waals surface area contributed by atoms with Gasteiger partial charge in [0.05, 0.1) is 0 Å². The number of unbranched alkanes of at least 4 members (excludes halogenated alkanes) is 3. The molecular weight excluding hydrogens is 211 g/mol. The minimum absolute atomic E-state index is 0.413. The Morgan fingerprint density at radius 3 is 2.00 bits per heavy atom. The highest BCUT2D eigenvalue weighted by molar-refractivity contribution is 6.40. The molecule has 1 aromatic carbocycles. The zero-order chi connectivity index (χ0) is 12.5. The van der Waals surface area contributed by atoms with Gasteiger partial charge in [-0.1, -0.05) is 50.5 Å². The summed E-state index contributed by atoms with van der Waals surface area (Å²) in [5.74, 6) is 0. The van der Waals surface area contributed by atoms with Gasteiger partial charge in [-0.25, -0.2) is 0 Å². The summed E-state index contributed by atoms with van der Waals surface area (Å²) in [5.41, 5.74) is 2.56. The van der Waals surface area contributed by atoms with Crippen LogP contribution in [-0.2, 0) is 12.8 Å². The number of hydrogen-bond donors (Lipinski definition) is 2. The van der Waals surface area contributed by atoms with Gasteiger partial charge in [-0.05, 0) is 36.7 Å². The molecule has 1 rings (SSSR count). The van der Waals surface area contributed by atoms with Crippen LogP contribution in [0, 0.1) is 0 Å². The molecule has 0 aliphatic rings. The molecule has 0 saturated carbocycles. The van der Waals surface area contributed by atoms with E-state index >= 15 is 0 Å². The second-order valence-corrected chi connectivity index (χ2v) is 4.65. The fraction of sp³-hybridized carbons (Fsp3) is 0.571. The summed E-state index contributed by atoms with van der Waals surface area (Å²) in [6.45, 7) is 2.23. The van der Waals surface area contributed by atoms with Gasteiger partial charge in [-0.15, -0.1) is 0 Å². The Hall–Kier alpha value is -0.795. The largest absolute Gasteiger partial charge is 0.451 e. The minimum Gasteiger partial charge on any atom is -0.427 e. The Morgan fingerprint density at radius 1 is 0.882 bits per heavy atom. The van der Waals surface area contributed by atoms with E-state index in [9.17, 15) is 0 Å². The summed E-state index contributed by atoms with van der Waals surface area (Å²) in [6.07, 6.45) is 7.49. The van der Waals surface area contributed by atoms with Crippen LogP contribution in [0.15, 0.2) is 24.3 Å². The van der Waals surface area contributed by atoms with E-state index < -0.39 is 7.12 Å². The first kappa shape index (κ1) is 14.3. The fourth-order valence-corrected chi connectivity index (χ4v) is 1.92. The molecule has 0 unspecified atom stereocenters. The normalized spacial score (nSPS) is 10.5. The van der Waals surface area contributed by atoms with Crippen LogP contribution in [0.5, 0.6) is 0 Å². The van der Waals surface area contributed by atoms with Crippen molar-refractivity contribution in [1.82, 2.24) is 0 Å². The third kappa shape index (κ3) is 6.49. The Balaban J connectivity index is 2.29. The lowest BCUT2D eigenvalue weighted by Gasteiger charge is -2.04. The monoisotopic (exact) mass is 234 g/mol. The third-order valence-corrected chi connectivity index (χ3v) is 3.03. The van der Waals surface area contributed by atoms with Gasteiger partial charge in [0.15, 0.2) is 0 Å². The maximum atomic E-state index is 8.79. The second-order valence-electron chi connectivity index (χ2n) is 4.65. The molecule has 0 amide bonds. The van der Waals surface area contributed by atoms with Gasteiger partial charge in [0.2, 0.25) is 0 Å². The maximum Gasteiger partial charge on any atom is 0.451 e. The van der Waals surface area contributed by atoms with E-state index in [-0.39, 0.29) is 0 Å². The van der Waals surface area contributed by atoms with Gasteiger partial charge in [0.25, 0.3) is 0 Å². The number of benzene rings is 1. The molecule has 2 nitrogen and oxygen atoms in total. The van der Waals surface area contributed by atoms with E-state index in [1.54, 1.807) is 0 Å². The van der Waals surface area contributed by atoms with Crippen molar-refractivity contribution in [3.8, 4) is 0 Å². The zero-order valence-corrected chi connectivity index (χ0v) is 10.7. The van der Waals surface area contributed by atoms with Crippen LogP contribution in [-0.4, -0.2) is 17.2 Å². The van der Waals surface area contributed by atoms with Crippen LogP contribution in [0.2, 0.25) is 6.32 Å². The molecule has 0 saturated heterocycles. The first-order valence-corrected chi connectivity index (χ1v) is 6.66. The van der Waals surface area contributed by atoms with Crippen molar-refractivity contribution in [1.29, 1.82) is 0 Å². The first-order valence-electron chi connectivity index (χ1n) is 6.66. The summed E-state index contributed by atoms with van der Waals surface area (Å²) in [4.78, 5) is 0. The lowest BCUT2D eigenvalue weighted by Crippen LogP contribution is -2.11. The molecule has 2 N–H and O–H groups in total. The smallest absolute Gasteiger partial charge is 0.427 e. The van der Waals surface area contributed by atoms with E-state index in [0.29, 0.717) is 6.32 Å². The van der Waals surface area contributed by atoms with Crippen molar-refractivity contribution < 1.29 is 10.0 Å². The van der Waals surface area contributed by atoms with Gasteiger partial charge in [-0.2, -0.15) is 0 Å². The molecule has 94 valence electrons. The molecule has 3 heteroatoms. The molecule has 1 aromatic rings. The fourth-order valence-electron chi connectivity index (χ4n) is 1.92. The summed E-state index contributed by atoms with van der Waals surface area (Å²) in [6, 6.07) is 8.51. The van der Waals surface area contributed by atoms with E-state index in [2.05, 4.69) is 31.2 Å². The average molecular weight is 234 g/mol. The van der Waals surface area contributed by atoms with Crippen LogP contribution < -0.4 is 0 Å². The van der Waals surface area contributed by atoms with E-state index in [1.165, 1.54) is 36.8 Å². The Kier molecular flexibility index (Phi) is 6.98. The Morgan fingerprint density at radius 2 is 1.47 bits per heavy atom. The first-order chi connectivity index (χ1) is 8.22. The quantitative estimate of drug-likeness (QED) is 0.536. The van der Waals surface area contributed by atoms with Crippen LogP contribution in [0.3, 0.4) is 0 Å². The molecule has 17 heavy (non-hydrogen) atoms. The van der Waals surface area contributed by atoms with Crippen molar-refractivity contribution >= 4 is 7.12 Å². The molecule has 0 atom stereocenters. The van der Waals surface area contributed by atoms with Crippen molar-refractivity contribution in [3.05, 3.63) is 35.4 Å². The molecule has 0 heterocycles. The Labute approximate surface area is 105 Å². The molecular formula is C14H23BO2. The van der Waals surface area contributed by atoms with Crippen molar-refractivity contribution in [3.63, 3.8) is 0 Å². The van der Waals surface area contributed by atoms with Crippen LogP contribution in [0.1, 0.15) is 43.7 Å². The summed E-state index contributed by atoms with van der Waals surface area (Å²) in [7, 11) is -1.19. The lowest BCUT2D eigenvalue weighted by atomic mass is 9.82. The zero-order valence-electron chi connectivity index (χ0n) is 10.7. The molecule has 0 aromatic heterocycles. The molecule has 0 radical (unpaired) electrons. The van der Waals surface area contributed by atoms with Crippen molar-refractivity contribution in [2.24, 2.45) is 0 Å². The lowest BCUT2D eigenvalue weighted by molar-refractivity contribution is 0.405. The highest BCUT2D eigenvalue weighted by atomic mass is 16.4. The number of rotatable bonds is 8. The van der Waals surface area contributed by atoms with Gasteiger partial charge >= 0.3 is 7.12 Å². The molecule has 0 aliphatic carbocycles. The molecule has 0 spiro atoms. The van der Waals surface area contributed by atoms with E-state index in [4.69, 9.17) is 10.0 Å². The highest BCUT2D eigenvalue weighted by Gasteiger charge is 2.06. The van der Waals surface area contributed by atoms with Gasteiger partial charge in [-0.3, -0.25) is 0 Å². The predicted octanol–water partition coefficient (Wildman–Crippen LogP) is 2.82. The van der Waals surface area contributed by atoms with Gasteiger partial charge in [0, 0.05) is 0 Å². The molecule has 0 bridgehead atoms. The minimum atomic E-state index is -1.19. The van der Waals surface area contributed by atoms with Gasteiger partial charge in [0.1, 0.15) is 0 Å². The van der Waals surface area contributed by atoms with E-state index in [0.717, 1.165) is 12.8 Å². The highest BCUT2D eigenvalue weighted by Crippen LogP contribution is 2.11. The van der Waals surface area contributed by atoms with Crippen molar-refractivity contribution in [2.45, 2.75) is 51.8 Å². The van der Waals surface area contributed by atoms with Crippen LogP contribution >= 0.6 is 0 Å². The molecule has 0 fully saturated rings. The topological polar surface area (TPSA) is 40.5 Å². The van der Waals surface area contributed by atoms with Crippen molar-refractivity contribution in [2.75, 3.05) is 0 Å². The van der Waals surface area contributed by atoms with E-state index in [1.807, 2.05) is 0 Å². The summed E-state index contributed by atoms with van der Waals surface area (Å²) < 4.78 is 0. The van der Waals surface area contributed by atoms with Gasteiger partial charge < -0.3 is 10.0 Å². The average Bonchev–Trinajstić information content (AvgIpc) is 2.33. The van der Waals surface area contributed by atoms with Crippen LogP contribution in [0.25, 0.3) is 0 Å². The standard InChI is InChI=1S/C14H23BO2/c1-2-3-4-5-6-13-7-9-14(10-8-13)11-12-15(16)17/h7-10,16-17H,2-6,11-12H2,1H3. The molecule has 0 aliphatic heterocycles. The second kappa shape index (κ2) is 8.32. The van der Waals surface area contributed by atoms with Crippen LogP contribution in [0.4, 0.5) is 0 Å². The summed E-state index contributed by atoms with van der Waals surface area (Å²) >= 11 is 0. The number of aryl methyl sites for hydroxylation is 2. The third-order valence-electron chi connectivity index (χ3n) is 3.03. The summed E-state index contributed by atoms with van der Waals surface area (Å²) in [5, 5.41) is 17.6. The number of hydrogen-bond acceptors (Lipinski definition) is 2. The maximum absolute atomic E-state index is 8.79. The Bertz CT molecular complexity index is 296.